The molecule has 1 aliphatic heterocycles. The standard InChI is InChI=1S/C18H21N3O2/c1-23-17-6-4-13(5-7-17)14-9-15(11-19-10-14)18(22)21-12-16-3-2-8-20-16/h4-7,9-11,16,20H,2-3,8,12H2,1H3,(H,21,22). The molecule has 2 aromatic rings. The Labute approximate surface area is 136 Å². The fourth-order valence-electron chi connectivity index (χ4n) is 2.75. The molecule has 1 fully saturated rings. The number of rotatable bonds is 5. The molecule has 5 heteroatoms. The van der Waals surface area contributed by atoms with E-state index >= 15 is 0 Å². The Balaban J connectivity index is 1.69. The zero-order chi connectivity index (χ0) is 16.1. The number of pyridine rings is 1. The van der Waals surface area contributed by atoms with Gasteiger partial charge in [0.25, 0.3) is 5.91 Å². The lowest BCUT2D eigenvalue weighted by molar-refractivity contribution is 0.0950. The largest absolute Gasteiger partial charge is 0.497 e. The highest BCUT2D eigenvalue weighted by Crippen LogP contribution is 2.22. The highest BCUT2D eigenvalue weighted by Gasteiger charge is 2.15. The van der Waals surface area contributed by atoms with Crippen molar-refractivity contribution in [2.75, 3.05) is 20.2 Å². The number of hydrogen-bond acceptors (Lipinski definition) is 4. The van der Waals surface area contributed by atoms with E-state index in [0.29, 0.717) is 18.2 Å². The molecule has 23 heavy (non-hydrogen) atoms. The number of carbonyl (C=O) groups excluding carboxylic acids is 1. The van der Waals surface area contributed by atoms with Crippen molar-refractivity contribution in [2.24, 2.45) is 0 Å². The maximum absolute atomic E-state index is 12.3. The van der Waals surface area contributed by atoms with E-state index < -0.39 is 0 Å². The van der Waals surface area contributed by atoms with Crippen molar-refractivity contribution >= 4 is 5.91 Å². The molecule has 5 nitrogen and oxygen atoms in total. The van der Waals surface area contributed by atoms with Crippen molar-refractivity contribution in [1.29, 1.82) is 0 Å². The predicted molar refractivity (Wildman–Crippen MR) is 89.6 cm³/mol. The molecule has 1 aromatic carbocycles. The van der Waals surface area contributed by atoms with Crippen LogP contribution in [0.4, 0.5) is 0 Å². The molecule has 1 unspecified atom stereocenters. The van der Waals surface area contributed by atoms with E-state index in [-0.39, 0.29) is 5.91 Å². The van der Waals surface area contributed by atoms with Crippen molar-refractivity contribution in [1.82, 2.24) is 15.6 Å². The Bertz CT molecular complexity index is 664. The summed E-state index contributed by atoms with van der Waals surface area (Å²) in [5.41, 5.74) is 2.50. The quantitative estimate of drug-likeness (QED) is 0.889. The normalized spacial score (nSPS) is 17.0. The maximum Gasteiger partial charge on any atom is 0.252 e. The lowest BCUT2D eigenvalue weighted by Gasteiger charge is -2.12. The van der Waals surface area contributed by atoms with E-state index in [4.69, 9.17) is 4.74 Å². The molecule has 0 aliphatic carbocycles. The third-order valence-electron chi connectivity index (χ3n) is 4.10. The van der Waals surface area contributed by atoms with Crippen LogP contribution in [0.25, 0.3) is 11.1 Å². The number of hydrogen-bond donors (Lipinski definition) is 2. The minimum atomic E-state index is -0.0819. The van der Waals surface area contributed by atoms with Crippen LogP contribution in [0.15, 0.2) is 42.7 Å². The van der Waals surface area contributed by atoms with Crippen molar-refractivity contribution in [3.05, 3.63) is 48.3 Å². The average molecular weight is 311 g/mol. The molecule has 120 valence electrons. The summed E-state index contributed by atoms with van der Waals surface area (Å²) < 4.78 is 5.16. The van der Waals surface area contributed by atoms with Crippen LogP contribution in [0.5, 0.6) is 5.75 Å². The molecule has 2 heterocycles. The van der Waals surface area contributed by atoms with Gasteiger partial charge < -0.3 is 15.4 Å². The number of carbonyl (C=O) groups is 1. The Kier molecular flexibility index (Phi) is 4.88. The summed E-state index contributed by atoms with van der Waals surface area (Å²) in [7, 11) is 1.64. The smallest absolute Gasteiger partial charge is 0.252 e. The summed E-state index contributed by atoms with van der Waals surface area (Å²) in [6.45, 7) is 1.70. The average Bonchev–Trinajstić information content (AvgIpc) is 3.13. The third-order valence-corrected chi connectivity index (χ3v) is 4.10. The van der Waals surface area contributed by atoms with Crippen molar-refractivity contribution < 1.29 is 9.53 Å². The van der Waals surface area contributed by atoms with Crippen LogP contribution in [-0.2, 0) is 0 Å². The van der Waals surface area contributed by atoms with Gasteiger partial charge in [0.15, 0.2) is 0 Å². The third kappa shape index (κ3) is 3.87. The highest BCUT2D eigenvalue weighted by molar-refractivity contribution is 5.95. The summed E-state index contributed by atoms with van der Waals surface area (Å²) in [6, 6.07) is 9.96. The number of ether oxygens (including phenoxy) is 1. The van der Waals surface area contributed by atoms with Gasteiger partial charge in [-0.2, -0.15) is 0 Å². The van der Waals surface area contributed by atoms with Crippen molar-refractivity contribution in [3.63, 3.8) is 0 Å². The molecule has 1 saturated heterocycles. The number of amides is 1. The lowest BCUT2D eigenvalue weighted by atomic mass is 10.1. The van der Waals surface area contributed by atoms with E-state index in [1.54, 1.807) is 19.5 Å². The SMILES string of the molecule is COc1ccc(-c2cncc(C(=O)NCC3CCCN3)c2)cc1. The first-order valence-corrected chi connectivity index (χ1v) is 7.87. The number of nitrogens with zero attached hydrogens (tertiary/aromatic N) is 1. The Morgan fingerprint density at radius 2 is 2.13 bits per heavy atom. The van der Waals surface area contributed by atoms with Crippen molar-refractivity contribution in [2.45, 2.75) is 18.9 Å². The van der Waals surface area contributed by atoms with Gasteiger partial charge in [0, 0.05) is 30.5 Å². The van der Waals surface area contributed by atoms with Gasteiger partial charge in [-0.25, -0.2) is 0 Å². The summed E-state index contributed by atoms with van der Waals surface area (Å²) in [5.74, 6) is 0.723. The van der Waals surface area contributed by atoms with E-state index in [1.807, 2.05) is 30.3 Å². The first-order chi connectivity index (χ1) is 11.3. The second-order valence-corrected chi connectivity index (χ2v) is 5.69. The summed E-state index contributed by atoms with van der Waals surface area (Å²) in [6.07, 6.45) is 5.65. The highest BCUT2D eigenvalue weighted by atomic mass is 16.5. The molecule has 2 N–H and O–H groups in total. The summed E-state index contributed by atoms with van der Waals surface area (Å²) in [5, 5.41) is 6.35. The van der Waals surface area contributed by atoms with E-state index in [9.17, 15) is 4.79 Å². The Morgan fingerprint density at radius 1 is 1.30 bits per heavy atom. The number of nitrogens with one attached hydrogen (secondary N) is 2. The van der Waals surface area contributed by atoms with Gasteiger partial charge in [0.1, 0.15) is 5.75 Å². The minimum absolute atomic E-state index is 0.0819. The second kappa shape index (κ2) is 7.24. The van der Waals surface area contributed by atoms with Crippen LogP contribution in [0.1, 0.15) is 23.2 Å². The Morgan fingerprint density at radius 3 is 2.83 bits per heavy atom. The van der Waals surface area contributed by atoms with Gasteiger partial charge >= 0.3 is 0 Å². The molecule has 0 spiro atoms. The van der Waals surface area contributed by atoms with E-state index in [2.05, 4.69) is 15.6 Å². The van der Waals surface area contributed by atoms with Gasteiger partial charge in [-0.05, 0) is 43.1 Å². The maximum atomic E-state index is 12.3. The van der Waals surface area contributed by atoms with Crippen LogP contribution in [0, 0.1) is 0 Å². The van der Waals surface area contributed by atoms with Crippen LogP contribution in [0.2, 0.25) is 0 Å². The molecular formula is C18H21N3O2. The van der Waals surface area contributed by atoms with Crippen molar-refractivity contribution in [3.8, 4) is 16.9 Å². The molecule has 0 bridgehead atoms. The fourth-order valence-corrected chi connectivity index (χ4v) is 2.75. The van der Waals surface area contributed by atoms with Gasteiger partial charge in [-0.3, -0.25) is 9.78 Å². The minimum Gasteiger partial charge on any atom is -0.497 e. The predicted octanol–water partition coefficient (Wildman–Crippen LogP) is 2.24. The topological polar surface area (TPSA) is 63.2 Å². The first kappa shape index (κ1) is 15.5. The first-order valence-electron chi connectivity index (χ1n) is 7.87. The monoisotopic (exact) mass is 311 g/mol. The molecule has 0 radical (unpaired) electrons. The molecule has 1 atom stereocenters. The lowest BCUT2D eigenvalue weighted by Crippen LogP contribution is -2.37. The molecule has 0 saturated carbocycles. The summed E-state index contributed by atoms with van der Waals surface area (Å²) >= 11 is 0. The zero-order valence-corrected chi connectivity index (χ0v) is 13.2. The van der Waals surface area contributed by atoms with Gasteiger partial charge in [0.05, 0.1) is 12.7 Å². The van der Waals surface area contributed by atoms with Crippen LogP contribution < -0.4 is 15.4 Å². The zero-order valence-electron chi connectivity index (χ0n) is 13.2. The summed E-state index contributed by atoms with van der Waals surface area (Å²) in [4.78, 5) is 16.5. The Hall–Kier alpha value is -2.40. The molecule has 1 aromatic heterocycles. The van der Waals surface area contributed by atoms with Gasteiger partial charge in [-0.1, -0.05) is 12.1 Å². The van der Waals surface area contributed by atoms with Gasteiger partial charge in [-0.15, -0.1) is 0 Å². The molecule has 3 rings (SSSR count). The number of aromatic nitrogens is 1. The van der Waals surface area contributed by atoms with Crippen LogP contribution in [0.3, 0.4) is 0 Å². The van der Waals surface area contributed by atoms with Gasteiger partial charge in [0.2, 0.25) is 0 Å². The number of benzene rings is 1. The molecular weight excluding hydrogens is 290 g/mol. The molecule has 1 amide bonds. The fraction of sp³-hybridized carbons (Fsp3) is 0.333. The van der Waals surface area contributed by atoms with E-state index in [1.165, 1.54) is 6.42 Å². The van der Waals surface area contributed by atoms with E-state index in [0.717, 1.165) is 29.8 Å². The van der Waals surface area contributed by atoms with Crippen LogP contribution >= 0.6 is 0 Å². The van der Waals surface area contributed by atoms with Crippen LogP contribution in [-0.4, -0.2) is 37.1 Å². The number of methoxy groups -OCH3 is 1. The second-order valence-electron chi connectivity index (χ2n) is 5.69. The molecule has 1 aliphatic rings.